The second-order valence-corrected chi connectivity index (χ2v) is 18.8. The summed E-state index contributed by atoms with van der Waals surface area (Å²) in [6, 6.07) is 6.30. The Labute approximate surface area is 364 Å². The number of carbonyl (C=O) groups excluding carboxylic acids is 7. The number of hydrogen-bond acceptors (Lipinski definition) is 17. The van der Waals surface area contributed by atoms with Gasteiger partial charge in [0.05, 0.1) is 35.6 Å². The molecule has 2 bridgehead atoms. The Hall–Kier alpha value is -5.33. The highest BCUT2D eigenvalue weighted by atomic mass is 16.8. The number of hydrogen-bond donors (Lipinski definition) is 3. The smallest absolute Gasteiger partial charge is 0.454 e. The first-order chi connectivity index (χ1) is 29.3. The fourth-order valence-electron chi connectivity index (χ4n) is 10.2. The van der Waals surface area contributed by atoms with Crippen LogP contribution in [0.15, 0.2) is 53.1 Å². The van der Waals surface area contributed by atoms with Gasteiger partial charge in [0.1, 0.15) is 11.7 Å². The van der Waals surface area contributed by atoms with Crippen molar-refractivity contribution < 1.29 is 81.7 Å². The minimum Gasteiger partial charge on any atom is -0.454 e. The molecule has 1 spiro atoms. The van der Waals surface area contributed by atoms with Crippen LogP contribution in [-0.4, -0.2) is 124 Å². The van der Waals surface area contributed by atoms with E-state index in [4.69, 9.17) is 37.9 Å². The number of benzene rings is 1. The van der Waals surface area contributed by atoms with Gasteiger partial charge < -0.3 is 53.4 Å². The standard InChI is InChI=1S/C45H57NO17/c1-12-28(49)57-32-29-22(4)31(58-38(53)30(50)25(18-21(2)3)46-39(54)62-41(6,7)8)35-45(42(29,9)10,63-40(55)60-35)36(59-37(52)24-16-14-13-15-17-24)33-43(11,34(32)51)26(48)19-27-44(33,20-56-27)61-23(5)47/h13-18,25-27,30-33,35-36,48,50H,12,19-20H2,1-11H3,(H,46,54)/t25-,26-,27+,30+,31+,32+,33?,35-,36?,43+,44-,45+/m0/s1. The van der Waals surface area contributed by atoms with Crippen LogP contribution in [0.2, 0.25) is 0 Å². The molecule has 12 atom stereocenters. The molecule has 344 valence electrons. The van der Waals surface area contributed by atoms with Crippen molar-refractivity contribution in [3.63, 3.8) is 0 Å². The molecule has 6 rings (SSSR count). The summed E-state index contributed by atoms with van der Waals surface area (Å²) in [5, 5.41) is 26.3. The minimum atomic E-state index is -2.37. The van der Waals surface area contributed by atoms with E-state index in [1.165, 1.54) is 39.0 Å². The van der Waals surface area contributed by atoms with E-state index in [-0.39, 0.29) is 36.2 Å². The van der Waals surface area contributed by atoms with Gasteiger partial charge in [0, 0.05) is 25.2 Å². The van der Waals surface area contributed by atoms with Crippen molar-refractivity contribution >= 4 is 41.9 Å². The van der Waals surface area contributed by atoms with Crippen molar-refractivity contribution in [2.24, 2.45) is 16.7 Å². The third-order valence-corrected chi connectivity index (χ3v) is 12.9. The van der Waals surface area contributed by atoms with E-state index >= 15 is 4.79 Å². The van der Waals surface area contributed by atoms with Crippen LogP contribution in [-0.2, 0) is 57.1 Å². The van der Waals surface area contributed by atoms with Crippen LogP contribution in [0.25, 0.3) is 0 Å². The van der Waals surface area contributed by atoms with E-state index in [0.29, 0.717) is 5.57 Å². The molecule has 2 aliphatic heterocycles. The molecule has 1 aromatic carbocycles. The third kappa shape index (κ3) is 7.87. The third-order valence-electron chi connectivity index (χ3n) is 12.9. The Kier molecular flexibility index (Phi) is 12.5. The lowest BCUT2D eigenvalue weighted by Crippen LogP contribution is -2.83. The van der Waals surface area contributed by atoms with Gasteiger partial charge in [-0.25, -0.2) is 19.2 Å². The summed E-state index contributed by atoms with van der Waals surface area (Å²) >= 11 is 0. The Bertz CT molecular complexity index is 2120. The first kappa shape index (κ1) is 47.2. The molecular formula is C45H57NO17. The normalized spacial score (nSPS) is 33.6. The Morgan fingerprint density at radius 2 is 1.65 bits per heavy atom. The molecular weight excluding hydrogens is 826 g/mol. The van der Waals surface area contributed by atoms with E-state index in [2.05, 4.69) is 5.32 Å². The molecule has 63 heavy (non-hydrogen) atoms. The zero-order valence-corrected chi connectivity index (χ0v) is 37.3. The van der Waals surface area contributed by atoms with E-state index in [9.17, 15) is 39.0 Å². The summed E-state index contributed by atoms with van der Waals surface area (Å²) in [6.45, 7) is 16.4. The van der Waals surface area contributed by atoms with E-state index < -0.39 is 124 Å². The van der Waals surface area contributed by atoms with Gasteiger partial charge in [-0.2, -0.15) is 0 Å². The first-order valence-corrected chi connectivity index (χ1v) is 20.9. The number of esters is 4. The quantitative estimate of drug-likeness (QED) is 0.171. The summed E-state index contributed by atoms with van der Waals surface area (Å²) in [4.78, 5) is 97.9. The highest BCUT2D eigenvalue weighted by Gasteiger charge is 2.83. The summed E-state index contributed by atoms with van der Waals surface area (Å²) in [7, 11) is 0. The molecule has 4 fully saturated rings. The zero-order chi connectivity index (χ0) is 46.8. The molecule has 0 aromatic heterocycles. The monoisotopic (exact) mass is 883 g/mol. The molecule has 0 radical (unpaired) electrons. The largest absolute Gasteiger partial charge is 0.509 e. The predicted octanol–water partition coefficient (Wildman–Crippen LogP) is 3.97. The van der Waals surface area contributed by atoms with Crippen molar-refractivity contribution in [3.8, 4) is 0 Å². The molecule has 18 nitrogen and oxygen atoms in total. The number of allylic oxidation sites excluding steroid dienone is 1. The molecule has 18 heteroatoms. The maximum atomic E-state index is 15.7. The second-order valence-electron chi connectivity index (χ2n) is 18.8. The van der Waals surface area contributed by atoms with Crippen molar-refractivity contribution in [1.29, 1.82) is 0 Å². The van der Waals surface area contributed by atoms with Gasteiger partial charge in [-0.3, -0.25) is 14.4 Å². The number of aliphatic hydroxyl groups excluding tert-OH is 2. The van der Waals surface area contributed by atoms with Crippen molar-refractivity contribution in [1.82, 2.24) is 5.32 Å². The average Bonchev–Trinajstić information content (AvgIpc) is 3.55. The number of ketones is 1. The number of ether oxygens (including phenoxy) is 8. The number of rotatable bonds is 10. The van der Waals surface area contributed by atoms with Gasteiger partial charge >= 0.3 is 36.1 Å². The molecule has 1 aromatic rings. The Morgan fingerprint density at radius 1 is 1.00 bits per heavy atom. The van der Waals surface area contributed by atoms with Gasteiger partial charge in [0.15, 0.2) is 41.9 Å². The Morgan fingerprint density at radius 3 is 2.21 bits per heavy atom. The number of aliphatic hydroxyl groups is 2. The SMILES string of the molecule is CCC(=O)O[C@H]1C(=O)[C@@]2(C)C(C(OC(=O)c3ccccc3)[C@]34OC(=O)O[C@H]3[C@H](OC(=O)[C@H](O)[C@H](C=C(C)C)NC(=O)OC(C)(C)C)C(C)=C1C4(C)C)[C@]1(OC(C)=O)CO[C@@H]1C[C@@H]2O. The van der Waals surface area contributed by atoms with Gasteiger partial charge in [-0.15, -0.1) is 0 Å². The second kappa shape index (κ2) is 16.7. The highest BCUT2D eigenvalue weighted by Crippen LogP contribution is 2.67. The van der Waals surface area contributed by atoms with E-state index in [1.54, 1.807) is 66.7 Å². The number of nitrogens with one attached hydrogen (secondary N) is 1. The van der Waals surface area contributed by atoms with Gasteiger partial charge in [-0.05, 0) is 71.7 Å². The lowest BCUT2D eigenvalue weighted by molar-refractivity contribution is -0.345. The Balaban J connectivity index is 1.63. The molecule has 1 amide bonds. The van der Waals surface area contributed by atoms with Gasteiger partial charge in [0.25, 0.3) is 0 Å². The molecule has 2 saturated heterocycles. The van der Waals surface area contributed by atoms with Crippen LogP contribution in [0.4, 0.5) is 9.59 Å². The summed E-state index contributed by atoms with van der Waals surface area (Å²) in [5.41, 5.74) is -8.48. The van der Waals surface area contributed by atoms with Gasteiger partial charge in [0.2, 0.25) is 5.60 Å². The van der Waals surface area contributed by atoms with Crippen LogP contribution in [0, 0.1) is 16.7 Å². The van der Waals surface area contributed by atoms with Crippen LogP contribution in [0.1, 0.15) is 99.4 Å². The number of alkyl carbamates (subject to hydrolysis) is 1. The van der Waals surface area contributed by atoms with Crippen molar-refractivity contribution in [2.75, 3.05) is 6.61 Å². The maximum Gasteiger partial charge on any atom is 0.509 e. The zero-order valence-electron chi connectivity index (χ0n) is 37.3. The van der Waals surface area contributed by atoms with Crippen LogP contribution in [0.5, 0.6) is 0 Å². The molecule has 2 saturated carbocycles. The van der Waals surface area contributed by atoms with Crippen LogP contribution in [0.3, 0.4) is 0 Å². The lowest BCUT2D eigenvalue weighted by atomic mass is 9.44. The van der Waals surface area contributed by atoms with Crippen LogP contribution < -0.4 is 5.32 Å². The van der Waals surface area contributed by atoms with Gasteiger partial charge in [-0.1, -0.05) is 50.6 Å². The fourth-order valence-corrected chi connectivity index (χ4v) is 10.2. The number of fused-ring (bicyclic) bond motifs is 4. The maximum absolute atomic E-state index is 15.7. The summed E-state index contributed by atoms with van der Waals surface area (Å²) in [5.74, 6) is -6.54. The summed E-state index contributed by atoms with van der Waals surface area (Å²) < 4.78 is 48.3. The number of Topliss-reactive ketones (excluding diaryl/α,β-unsaturated/α-hetero) is 1. The average molecular weight is 884 g/mol. The number of carbonyl (C=O) groups is 7. The topological polar surface area (TPSA) is 246 Å². The first-order valence-electron chi connectivity index (χ1n) is 20.9. The fraction of sp³-hybridized carbons (Fsp3) is 0.622. The molecule has 3 aliphatic carbocycles. The van der Waals surface area contributed by atoms with Crippen LogP contribution >= 0.6 is 0 Å². The highest BCUT2D eigenvalue weighted by molar-refractivity contribution is 5.96. The summed E-state index contributed by atoms with van der Waals surface area (Å²) in [6.07, 6.45) is -13.5. The molecule has 2 heterocycles. The number of amides is 1. The van der Waals surface area contributed by atoms with Crippen molar-refractivity contribution in [2.45, 2.75) is 155 Å². The molecule has 3 N–H and O–H groups in total. The van der Waals surface area contributed by atoms with E-state index in [0.717, 1.165) is 6.92 Å². The van der Waals surface area contributed by atoms with E-state index in [1.807, 2.05) is 0 Å². The minimum absolute atomic E-state index is 0.0225. The predicted molar refractivity (Wildman–Crippen MR) is 216 cm³/mol. The molecule has 5 aliphatic rings. The van der Waals surface area contributed by atoms with Crippen molar-refractivity contribution in [3.05, 3.63) is 58.7 Å². The lowest BCUT2D eigenvalue weighted by Gasteiger charge is -2.67. The molecule has 2 unspecified atom stereocenters.